The van der Waals surface area contributed by atoms with E-state index in [0.717, 1.165) is 0 Å². The third-order valence-electron chi connectivity index (χ3n) is 3.40. The molecule has 0 aliphatic rings. The van der Waals surface area contributed by atoms with Crippen molar-refractivity contribution < 1.29 is 14.6 Å². The number of hydrogen-bond donors (Lipinski definition) is 1. The molecule has 106 valence electrons. The van der Waals surface area contributed by atoms with E-state index in [0.29, 0.717) is 11.1 Å². The van der Waals surface area contributed by atoms with Crippen LogP contribution in [0.5, 0.6) is 0 Å². The smallest absolute Gasteiger partial charge is 0.321 e. The van der Waals surface area contributed by atoms with Crippen molar-refractivity contribution in [2.75, 3.05) is 13.2 Å². The first kappa shape index (κ1) is 14.8. The molecule has 2 aromatic carbocycles. The lowest BCUT2D eigenvalue weighted by Gasteiger charge is -2.30. The van der Waals surface area contributed by atoms with Crippen molar-refractivity contribution in [3.05, 3.63) is 71.8 Å². The van der Waals surface area contributed by atoms with Crippen LogP contribution in [0.3, 0.4) is 0 Å². The molecule has 0 aliphatic heterocycles. The lowest BCUT2D eigenvalue weighted by Crippen LogP contribution is -2.41. The molecule has 0 bridgehead atoms. The number of rotatable bonds is 6. The summed E-state index contributed by atoms with van der Waals surface area (Å²) >= 11 is 0. The highest BCUT2D eigenvalue weighted by molar-refractivity contribution is 5.86. The molecule has 2 rings (SSSR count). The van der Waals surface area contributed by atoms with Crippen LogP contribution in [0.15, 0.2) is 60.7 Å². The minimum atomic E-state index is -1.26. The van der Waals surface area contributed by atoms with Crippen molar-refractivity contribution in [2.24, 2.45) is 0 Å². The molecule has 0 aromatic heterocycles. The van der Waals surface area contributed by atoms with Crippen LogP contribution < -0.4 is 0 Å². The SMILES string of the molecule is C#CCOCC(C(=O)O)(c1ccccc1)c1ccccc1. The summed E-state index contributed by atoms with van der Waals surface area (Å²) in [7, 11) is 0. The molecule has 0 heterocycles. The maximum absolute atomic E-state index is 12.1. The Kier molecular flexibility index (Phi) is 4.76. The fourth-order valence-corrected chi connectivity index (χ4v) is 2.35. The van der Waals surface area contributed by atoms with E-state index in [9.17, 15) is 9.90 Å². The Labute approximate surface area is 124 Å². The van der Waals surface area contributed by atoms with E-state index in [1.54, 1.807) is 24.3 Å². The van der Waals surface area contributed by atoms with E-state index >= 15 is 0 Å². The first-order valence-electron chi connectivity index (χ1n) is 6.57. The highest BCUT2D eigenvalue weighted by Gasteiger charge is 2.42. The Balaban J connectivity index is 2.55. The van der Waals surface area contributed by atoms with Gasteiger partial charge in [0, 0.05) is 0 Å². The Morgan fingerprint density at radius 2 is 1.52 bits per heavy atom. The van der Waals surface area contributed by atoms with E-state index in [1.807, 2.05) is 36.4 Å². The maximum atomic E-state index is 12.1. The maximum Gasteiger partial charge on any atom is 0.321 e. The van der Waals surface area contributed by atoms with Crippen molar-refractivity contribution in [3.8, 4) is 12.3 Å². The van der Waals surface area contributed by atoms with Gasteiger partial charge in [-0.3, -0.25) is 4.79 Å². The summed E-state index contributed by atoms with van der Waals surface area (Å²) in [6, 6.07) is 18.1. The summed E-state index contributed by atoms with van der Waals surface area (Å²) in [5.74, 6) is 1.41. The Morgan fingerprint density at radius 1 is 1.05 bits per heavy atom. The summed E-state index contributed by atoms with van der Waals surface area (Å²) in [5, 5.41) is 9.90. The van der Waals surface area contributed by atoms with Gasteiger partial charge in [-0.1, -0.05) is 66.6 Å². The van der Waals surface area contributed by atoms with Gasteiger partial charge in [-0.15, -0.1) is 6.42 Å². The Hall–Kier alpha value is -2.57. The lowest BCUT2D eigenvalue weighted by molar-refractivity contribution is -0.144. The van der Waals surface area contributed by atoms with Gasteiger partial charge >= 0.3 is 5.97 Å². The predicted octanol–water partition coefficient (Wildman–Crippen LogP) is 2.71. The number of benzene rings is 2. The third-order valence-corrected chi connectivity index (χ3v) is 3.40. The highest BCUT2D eigenvalue weighted by Crippen LogP contribution is 2.33. The van der Waals surface area contributed by atoms with Crippen LogP contribution in [-0.4, -0.2) is 24.3 Å². The average molecular weight is 280 g/mol. The summed E-state index contributed by atoms with van der Waals surface area (Å²) in [4.78, 5) is 12.1. The Bertz CT molecular complexity index is 587. The van der Waals surface area contributed by atoms with Gasteiger partial charge in [-0.25, -0.2) is 0 Å². The van der Waals surface area contributed by atoms with Crippen LogP contribution in [0.2, 0.25) is 0 Å². The minimum Gasteiger partial charge on any atom is -0.480 e. The topological polar surface area (TPSA) is 46.5 Å². The van der Waals surface area contributed by atoms with Gasteiger partial charge in [0.15, 0.2) is 0 Å². The molecule has 0 aliphatic carbocycles. The van der Waals surface area contributed by atoms with Crippen LogP contribution in [0, 0.1) is 12.3 Å². The van der Waals surface area contributed by atoms with Crippen molar-refractivity contribution in [2.45, 2.75) is 5.41 Å². The zero-order valence-corrected chi connectivity index (χ0v) is 11.5. The first-order valence-corrected chi connectivity index (χ1v) is 6.57. The second-order valence-electron chi connectivity index (χ2n) is 4.64. The van der Waals surface area contributed by atoms with E-state index < -0.39 is 11.4 Å². The summed E-state index contributed by atoms with van der Waals surface area (Å²) in [5.41, 5.74) is 0.0702. The number of ether oxygens (including phenoxy) is 1. The number of carboxylic acid groups (broad SMARTS) is 1. The van der Waals surface area contributed by atoms with Crippen molar-refractivity contribution in [1.29, 1.82) is 0 Å². The molecule has 0 radical (unpaired) electrons. The van der Waals surface area contributed by atoms with E-state index in [-0.39, 0.29) is 13.2 Å². The largest absolute Gasteiger partial charge is 0.480 e. The summed E-state index contributed by atoms with van der Waals surface area (Å²) in [6.45, 7) is 0.0647. The standard InChI is InChI=1S/C18H16O3/c1-2-13-21-14-18(17(19)20,15-9-5-3-6-10-15)16-11-7-4-8-12-16/h1,3-12H,13-14H2,(H,19,20). The minimum absolute atomic E-state index is 0.0133. The van der Waals surface area contributed by atoms with E-state index in [1.165, 1.54) is 0 Å². The van der Waals surface area contributed by atoms with Gasteiger partial charge in [0.05, 0.1) is 6.61 Å². The molecule has 0 fully saturated rings. The molecule has 3 nitrogen and oxygen atoms in total. The van der Waals surface area contributed by atoms with Crippen LogP contribution in [0.25, 0.3) is 0 Å². The predicted molar refractivity (Wildman–Crippen MR) is 81.0 cm³/mol. The number of carboxylic acids is 1. The number of carbonyl (C=O) groups is 1. The molecule has 0 spiro atoms. The van der Waals surface area contributed by atoms with E-state index in [4.69, 9.17) is 11.2 Å². The van der Waals surface area contributed by atoms with Gasteiger partial charge in [0.25, 0.3) is 0 Å². The number of terminal acetylenes is 1. The van der Waals surface area contributed by atoms with Crippen LogP contribution in [-0.2, 0) is 14.9 Å². The summed E-state index contributed by atoms with van der Waals surface area (Å²) in [6.07, 6.45) is 5.19. The van der Waals surface area contributed by atoms with Gasteiger partial charge < -0.3 is 9.84 Å². The normalized spacial score (nSPS) is 10.8. The fourth-order valence-electron chi connectivity index (χ4n) is 2.35. The monoisotopic (exact) mass is 280 g/mol. The van der Waals surface area contributed by atoms with Gasteiger partial charge in [0.1, 0.15) is 12.0 Å². The fraction of sp³-hybridized carbons (Fsp3) is 0.167. The van der Waals surface area contributed by atoms with Crippen molar-refractivity contribution in [3.63, 3.8) is 0 Å². The average Bonchev–Trinajstić information content (AvgIpc) is 2.53. The second-order valence-corrected chi connectivity index (χ2v) is 4.64. The lowest BCUT2D eigenvalue weighted by atomic mass is 9.75. The van der Waals surface area contributed by atoms with E-state index in [2.05, 4.69) is 5.92 Å². The molecule has 0 saturated carbocycles. The Morgan fingerprint density at radius 3 is 1.90 bits per heavy atom. The highest BCUT2D eigenvalue weighted by atomic mass is 16.5. The van der Waals surface area contributed by atoms with Crippen molar-refractivity contribution in [1.82, 2.24) is 0 Å². The number of aliphatic carboxylic acids is 1. The summed E-state index contributed by atoms with van der Waals surface area (Å²) < 4.78 is 5.40. The first-order chi connectivity index (χ1) is 10.2. The van der Waals surface area contributed by atoms with Crippen LogP contribution in [0.1, 0.15) is 11.1 Å². The number of hydrogen-bond acceptors (Lipinski definition) is 2. The second kappa shape index (κ2) is 6.74. The zero-order valence-electron chi connectivity index (χ0n) is 11.5. The van der Waals surface area contributed by atoms with Gasteiger partial charge in [-0.05, 0) is 11.1 Å². The molecule has 21 heavy (non-hydrogen) atoms. The molecule has 0 unspecified atom stereocenters. The van der Waals surface area contributed by atoms with Crippen LogP contribution in [0.4, 0.5) is 0 Å². The van der Waals surface area contributed by atoms with Crippen molar-refractivity contribution >= 4 is 5.97 Å². The molecule has 2 aromatic rings. The molecule has 0 saturated heterocycles. The molecule has 0 atom stereocenters. The molecular formula is C18H16O3. The molecular weight excluding hydrogens is 264 g/mol. The zero-order chi connectivity index (χ0) is 15.1. The third kappa shape index (κ3) is 2.96. The molecule has 3 heteroatoms. The van der Waals surface area contributed by atoms with Gasteiger partial charge in [-0.2, -0.15) is 0 Å². The van der Waals surface area contributed by atoms with Crippen LogP contribution >= 0.6 is 0 Å². The molecule has 1 N–H and O–H groups in total. The molecule has 0 amide bonds. The quantitative estimate of drug-likeness (QED) is 0.653. The van der Waals surface area contributed by atoms with Gasteiger partial charge in [0.2, 0.25) is 0 Å².